The molecule has 1 aliphatic heterocycles. The molecular weight excluding hydrogens is 199 g/mol. The fourth-order valence-electron chi connectivity index (χ4n) is 1.27. The van der Waals surface area contributed by atoms with Crippen molar-refractivity contribution in [1.29, 1.82) is 0 Å². The van der Waals surface area contributed by atoms with Gasteiger partial charge in [-0.25, -0.2) is 4.39 Å². The Bertz CT molecular complexity index is 176. The summed E-state index contributed by atoms with van der Waals surface area (Å²) >= 11 is 0. The molecule has 6 nitrogen and oxygen atoms in total. The molecule has 0 bridgehead atoms. The van der Waals surface area contributed by atoms with Crippen molar-refractivity contribution in [2.75, 3.05) is 13.5 Å². The summed E-state index contributed by atoms with van der Waals surface area (Å²) in [4.78, 5) is 0. The van der Waals surface area contributed by atoms with E-state index in [4.69, 9.17) is 9.84 Å². The minimum atomic E-state index is -1.54. The Morgan fingerprint density at radius 3 is 2.29 bits per heavy atom. The first-order valence-electron chi connectivity index (χ1n) is 4.10. The molecule has 1 aliphatic rings. The summed E-state index contributed by atoms with van der Waals surface area (Å²) in [5.41, 5.74) is 0. The average molecular weight is 212 g/mol. The van der Waals surface area contributed by atoms with Crippen LogP contribution in [0.5, 0.6) is 0 Å². The predicted octanol–water partition coefficient (Wildman–Crippen LogP) is -2.27. The molecule has 5 atom stereocenters. The van der Waals surface area contributed by atoms with E-state index in [1.54, 1.807) is 0 Å². The van der Waals surface area contributed by atoms with Crippen LogP contribution in [-0.2, 0) is 9.47 Å². The van der Waals surface area contributed by atoms with E-state index in [2.05, 4.69) is 4.74 Å². The highest BCUT2D eigenvalue weighted by Gasteiger charge is 2.43. The lowest BCUT2D eigenvalue weighted by atomic mass is 9.99. The quantitative estimate of drug-likeness (QED) is 0.421. The molecule has 0 saturated carbocycles. The second-order valence-corrected chi connectivity index (χ2v) is 2.97. The van der Waals surface area contributed by atoms with E-state index in [-0.39, 0.29) is 0 Å². The highest BCUT2D eigenvalue weighted by atomic mass is 19.1. The van der Waals surface area contributed by atoms with Crippen molar-refractivity contribution in [2.45, 2.75) is 30.7 Å². The van der Waals surface area contributed by atoms with Gasteiger partial charge in [0.25, 0.3) is 0 Å². The summed E-state index contributed by atoms with van der Waals surface area (Å²) in [7, 11) is 0. The predicted molar refractivity (Wildman–Crippen MR) is 40.8 cm³/mol. The maximum Gasteiger partial charge on any atom is 0.191 e. The maximum atomic E-state index is 11.8. The molecule has 1 heterocycles. The van der Waals surface area contributed by atoms with Crippen molar-refractivity contribution in [1.82, 2.24) is 0 Å². The van der Waals surface area contributed by atoms with Crippen molar-refractivity contribution in [3.8, 4) is 0 Å². The molecule has 1 fully saturated rings. The first-order chi connectivity index (χ1) is 6.61. The van der Waals surface area contributed by atoms with Crippen molar-refractivity contribution in [3.63, 3.8) is 0 Å². The maximum absolute atomic E-state index is 11.8. The van der Waals surface area contributed by atoms with Crippen molar-refractivity contribution >= 4 is 0 Å². The van der Waals surface area contributed by atoms with Crippen LogP contribution in [0.4, 0.5) is 4.39 Å². The van der Waals surface area contributed by atoms with Crippen LogP contribution in [0.15, 0.2) is 0 Å². The van der Waals surface area contributed by atoms with Crippen LogP contribution in [0.25, 0.3) is 0 Å². The zero-order valence-corrected chi connectivity index (χ0v) is 7.28. The third-order valence-electron chi connectivity index (χ3n) is 2.08. The summed E-state index contributed by atoms with van der Waals surface area (Å²) < 4.78 is 20.9. The summed E-state index contributed by atoms with van der Waals surface area (Å²) in [5, 5.41) is 36.5. The normalized spacial score (nSPS) is 43.9. The minimum Gasteiger partial charge on any atom is -0.394 e. The Labute approximate surface area is 79.5 Å². The molecule has 0 unspecified atom stereocenters. The lowest BCUT2D eigenvalue weighted by Crippen LogP contribution is -2.59. The molecule has 7 heteroatoms. The van der Waals surface area contributed by atoms with E-state index in [9.17, 15) is 19.7 Å². The van der Waals surface area contributed by atoms with Crippen LogP contribution in [0.2, 0.25) is 0 Å². The molecular formula is C7H13FO6. The van der Waals surface area contributed by atoms with Crippen molar-refractivity contribution in [3.05, 3.63) is 0 Å². The topological polar surface area (TPSA) is 99.4 Å². The third-order valence-corrected chi connectivity index (χ3v) is 2.08. The lowest BCUT2D eigenvalue weighted by molar-refractivity contribution is -0.307. The van der Waals surface area contributed by atoms with Crippen molar-refractivity contribution in [2.24, 2.45) is 0 Å². The van der Waals surface area contributed by atoms with Gasteiger partial charge in [-0.1, -0.05) is 0 Å². The number of aliphatic hydroxyl groups excluding tert-OH is 4. The standard InChI is InChI=1S/C7H13FO6/c8-2-13-7-6(12)5(11)4(10)3(1-9)14-7/h3-7,9-12H,1-2H2/t3-,4-,5+,6-,7+/m1/s1. The molecule has 1 saturated heterocycles. The monoisotopic (exact) mass is 212 g/mol. The molecule has 4 N–H and O–H groups in total. The number of halogens is 1. The molecule has 14 heavy (non-hydrogen) atoms. The van der Waals surface area contributed by atoms with E-state index >= 15 is 0 Å². The van der Waals surface area contributed by atoms with Gasteiger partial charge in [-0.2, -0.15) is 0 Å². The zero-order valence-electron chi connectivity index (χ0n) is 7.28. The van der Waals surface area contributed by atoms with Gasteiger partial charge in [0, 0.05) is 0 Å². The number of rotatable bonds is 3. The van der Waals surface area contributed by atoms with Gasteiger partial charge in [-0.3, -0.25) is 0 Å². The minimum absolute atomic E-state index is 0.558. The molecule has 0 aromatic heterocycles. The van der Waals surface area contributed by atoms with Gasteiger partial charge in [0.15, 0.2) is 13.2 Å². The van der Waals surface area contributed by atoms with E-state index in [0.29, 0.717) is 0 Å². The lowest BCUT2D eigenvalue weighted by Gasteiger charge is -2.39. The van der Waals surface area contributed by atoms with Gasteiger partial charge in [-0.15, -0.1) is 0 Å². The molecule has 0 aromatic rings. The van der Waals surface area contributed by atoms with Gasteiger partial charge in [-0.05, 0) is 0 Å². The largest absolute Gasteiger partial charge is 0.394 e. The Morgan fingerprint density at radius 1 is 1.14 bits per heavy atom. The molecule has 0 aliphatic carbocycles. The van der Waals surface area contributed by atoms with E-state index in [0.717, 1.165) is 0 Å². The van der Waals surface area contributed by atoms with Crippen LogP contribution < -0.4 is 0 Å². The van der Waals surface area contributed by atoms with Crippen molar-refractivity contribution < 1.29 is 34.3 Å². The van der Waals surface area contributed by atoms with Gasteiger partial charge in [0.2, 0.25) is 0 Å². The third kappa shape index (κ3) is 2.19. The van der Waals surface area contributed by atoms with Gasteiger partial charge in [0.05, 0.1) is 6.61 Å². The Hall–Kier alpha value is -0.310. The van der Waals surface area contributed by atoms with Crippen LogP contribution in [-0.4, -0.2) is 64.6 Å². The Kier molecular flexibility index (Phi) is 4.17. The van der Waals surface area contributed by atoms with Crippen LogP contribution >= 0.6 is 0 Å². The first-order valence-corrected chi connectivity index (χ1v) is 4.10. The second-order valence-electron chi connectivity index (χ2n) is 2.97. The van der Waals surface area contributed by atoms with Gasteiger partial charge < -0.3 is 29.9 Å². The molecule has 0 amide bonds. The summed E-state index contributed by atoms with van der Waals surface area (Å²) in [5.74, 6) is 0. The van der Waals surface area contributed by atoms with Gasteiger partial charge >= 0.3 is 0 Å². The molecule has 84 valence electrons. The van der Waals surface area contributed by atoms with Crippen LogP contribution in [0.3, 0.4) is 0 Å². The summed E-state index contributed by atoms with van der Waals surface area (Å²) in [6.07, 6.45) is -6.96. The highest BCUT2D eigenvalue weighted by Crippen LogP contribution is 2.21. The molecule has 0 spiro atoms. The fraction of sp³-hybridized carbons (Fsp3) is 1.00. The zero-order chi connectivity index (χ0) is 10.7. The van der Waals surface area contributed by atoms with Crippen LogP contribution in [0.1, 0.15) is 0 Å². The number of hydrogen-bond acceptors (Lipinski definition) is 6. The SMILES string of the molecule is OC[C@H]1O[C@H](OCF)[C@H](O)[C@@H](O)[C@@H]1O. The van der Waals surface area contributed by atoms with E-state index in [1.165, 1.54) is 0 Å². The molecule has 1 rings (SSSR count). The molecule has 0 radical (unpaired) electrons. The number of hydrogen-bond donors (Lipinski definition) is 4. The fourth-order valence-corrected chi connectivity index (χ4v) is 1.27. The number of ether oxygens (including phenoxy) is 2. The summed E-state index contributed by atoms with van der Waals surface area (Å²) in [6.45, 7) is -1.75. The second kappa shape index (κ2) is 4.96. The molecule has 0 aromatic carbocycles. The van der Waals surface area contributed by atoms with E-state index in [1.807, 2.05) is 0 Å². The Morgan fingerprint density at radius 2 is 1.79 bits per heavy atom. The van der Waals surface area contributed by atoms with Gasteiger partial charge in [0.1, 0.15) is 24.4 Å². The number of alkyl halides is 1. The summed E-state index contributed by atoms with van der Waals surface area (Å²) in [6, 6.07) is 0. The first kappa shape index (κ1) is 11.8. The highest BCUT2D eigenvalue weighted by molar-refractivity contribution is 4.88. The Balaban J connectivity index is 2.63. The van der Waals surface area contributed by atoms with Crippen LogP contribution in [0, 0.1) is 0 Å². The average Bonchev–Trinajstić information content (AvgIpc) is 2.19. The smallest absolute Gasteiger partial charge is 0.191 e. The number of aliphatic hydroxyl groups is 4. The van der Waals surface area contributed by atoms with E-state index < -0.39 is 44.2 Å².